The fourth-order valence-electron chi connectivity index (χ4n) is 2.50. The summed E-state index contributed by atoms with van der Waals surface area (Å²) in [7, 11) is -3.82. The number of amides is 2. The summed E-state index contributed by atoms with van der Waals surface area (Å²) in [5.41, 5.74) is 0.398. The highest BCUT2D eigenvalue weighted by molar-refractivity contribution is 7.90. The molecule has 1 N–H and O–H groups in total. The third kappa shape index (κ3) is 2.12. The van der Waals surface area contributed by atoms with Crippen molar-refractivity contribution in [2.75, 3.05) is 6.54 Å². The Morgan fingerprint density at radius 3 is 2.67 bits per heavy atom. The molecular formula is C14H16N2O4S. The SMILES string of the molecule is CCN1C(=O)c2ccc(C(=O)N[C@H]3C[C@H]3C)cc2S1(=O)=O. The summed E-state index contributed by atoms with van der Waals surface area (Å²) < 4.78 is 25.3. The van der Waals surface area contributed by atoms with Gasteiger partial charge in [0.2, 0.25) is 0 Å². The van der Waals surface area contributed by atoms with Gasteiger partial charge in [0.05, 0.1) is 5.56 Å². The highest BCUT2D eigenvalue weighted by Crippen LogP contribution is 2.32. The van der Waals surface area contributed by atoms with Crippen LogP contribution in [0.5, 0.6) is 0 Å². The lowest BCUT2D eigenvalue weighted by molar-refractivity contribution is 0.0874. The Kier molecular flexibility index (Phi) is 3.05. The van der Waals surface area contributed by atoms with Crippen molar-refractivity contribution >= 4 is 21.8 Å². The van der Waals surface area contributed by atoms with E-state index < -0.39 is 15.9 Å². The van der Waals surface area contributed by atoms with Crippen LogP contribution >= 0.6 is 0 Å². The Morgan fingerprint density at radius 1 is 1.43 bits per heavy atom. The summed E-state index contributed by atoms with van der Waals surface area (Å²) in [5, 5.41) is 2.84. The van der Waals surface area contributed by atoms with E-state index in [1.807, 2.05) is 6.92 Å². The van der Waals surface area contributed by atoms with E-state index >= 15 is 0 Å². The maximum absolute atomic E-state index is 12.3. The van der Waals surface area contributed by atoms with Gasteiger partial charge in [0.15, 0.2) is 0 Å². The van der Waals surface area contributed by atoms with Crippen molar-refractivity contribution in [1.82, 2.24) is 9.62 Å². The Bertz CT molecular complexity index is 741. The predicted octanol–water partition coefficient (Wildman–Crippen LogP) is 0.989. The molecular weight excluding hydrogens is 292 g/mol. The lowest BCUT2D eigenvalue weighted by atomic mass is 10.1. The lowest BCUT2D eigenvalue weighted by Gasteiger charge is -2.11. The fourth-order valence-corrected chi connectivity index (χ4v) is 4.11. The van der Waals surface area contributed by atoms with Crippen molar-refractivity contribution in [2.45, 2.75) is 31.2 Å². The van der Waals surface area contributed by atoms with Crippen LogP contribution in [-0.2, 0) is 10.0 Å². The van der Waals surface area contributed by atoms with Gasteiger partial charge < -0.3 is 5.32 Å². The number of benzene rings is 1. The van der Waals surface area contributed by atoms with Crippen molar-refractivity contribution in [3.63, 3.8) is 0 Å². The average molecular weight is 308 g/mol. The summed E-state index contributed by atoms with van der Waals surface area (Å²) in [6.45, 7) is 3.72. The molecule has 0 aromatic heterocycles. The molecule has 21 heavy (non-hydrogen) atoms. The van der Waals surface area contributed by atoms with E-state index in [0.717, 1.165) is 10.7 Å². The van der Waals surface area contributed by atoms with Crippen LogP contribution in [0.2, 0.25) is 0 Å². The summed E-state index contributed by atoms with van der Waals surface area (Å²) in [4.78, 5) is 24.0. The molecule has 1 saturated carbocycles. The van der Waals surface area contributed by atoms with Crippen LogP contribution in [0.1, 0.15) is 41.0 Å². The first kappa shape index (κ1) is 14.1. The van der Waals surface area contributed by atoms with Gasteiger partial charge >= 0.3 is 0 Å². The van der Waals surface area contributed by atoms with Gasteiger partial charge in [-0.15, -0.1) is 0 Å². The van der Waals surface area contributed by atoms with Gasteiger partial charge in [0.1, 0.15) is 4.90 Å². The van der Waals surface area contributed by atoms with E-state index in [4.69, 9.17) is 0 Å². The molecule has 2 aliphatic rings. The van der Waals surface area contributed by atoms with Crippen molar-refractivity contribution < 1.29 is 18.0 Å². The zero-order valence-corrected chi connectivity index (χ0v) is 12.6. The number of fused-ring (bicyclic) bond motifs is 1. The van der Waals surface area contributed by atoms with Gasteiger partial charge in [-0.1, -0.05) is 6.92 Å². The molecule has 1 fully saturated rings. The summed E-state index contributed by atoms with van der Waals surface area (Å²) in [6, 6.07) is 4.36. The van der Waals surface area contributed by atoms with Crippen LogP contribution in [0.15, 0.2) is 23.1 Å². The molecule has 0 spiro atoms. The van der Waals surface area contributed by atoms with E-state index in [9.17, 15) is 18.0 Å². The molecule has 3 rings (SSSR count). The quantitative estimate of drug-likeness (QED) is 0.902. The standard InChI is InChI=1S/C14H16N2O4S/c1-3-16-14(18)10-5-4-9(7-12(10)21(16,19)20)13(17)15-11-6-8(11)2/h4-5,7-8,11H,3,6H2,1-2H3,(H,15,17)/t8-,11+/m1/s1. The Labute approximate surface area is 123 Å². The Balaban J connectivity index is 1.96. The third-order valence-electron chi connectivity index (χ3n) is 3.98. The van der Waals surface area contributed by atoms with Gasteiger partial charge in [-0.25, -0.2) is 12.7 Å². The van der Waals surface area contributed by atoms with Crippen LogP contribution < -0.4 is 5.32 Å². The fraction of sp³-hybridized carbons (Fsp3) is 0.429. The van der Waals surface area contributed by atoms with Gasteiger partial charge in [-0.3, -0.25) is 9.59 Å². The van der Waals surface area contributed by atoms with Crippen LogP contribution in [0.3, 0.4) is 0 Å². The first-order valence-corrected chi connectivity index (χ1v) is 8.32. The smallest absolute Gasteiger partial charge is 0.268 e. The van der Waals surface area contributed by atoms with Crippen molar-refractivity contribution in [3.8, 4) is 0 Å². The minimum atomic E-state index is -3.82. The second-order valence-corrected chi connectivity index (χ2v) is 7.31. The molecule has 0 unspecified atom stereocenters. The Morgan fingerprint density at radius 2 is 2.10 bits per heavy atom. The van der Waals surface area contributed by atoms with E-state index in [0.29, 0.717) is 5.92 Å². The first-order chi connectivity index (χ1) is 9.86. The molecule has 1 heterocycles. The number of nitrogens with zero attached hydrogens (tertiary/aromatic N) is 1. The number of carbonyl (C=O) groups is 2. The van der Waals surface area contributed by atoms with Crippen LogP contribution in [0.4, 0.5) is 0 Å². The van der Waals surface area contributed by atoms with Gasteiger partial charge in [0.25, 0.3) is 21.8 Å². The van der Waals surface area contributed by atoms with Crippen LogP contribution in [0.25, 0.3) is 0 Å². The minimum Gasteiger partial charge on any atom is -0.349 e. The molecule has 1 aliphatic carbocycles. The molecule has 1 aromatic carbocycles. The summed E-state index contributed by atoms with van der Waals surface area (Å²) >= 11 is 0. The molecule has 0 saturated heterocycles. The van der Waals surface area contributed by atoms with Crippen molar-refractivity contribution in [3.05, 3.63) is 29.3 Å². The molecule has 2 amide bonds. The second-order valence-electron chi connectivity index (χ2n) is 5.48. The molecule has 7 heteroatoms. The zero-order valence-electron chi connectivity index (χ0n) is 11.8. The molecule has 1 aliphatic heterocycles. The molecule has 0 radical (unpaired) electrons. The molecule has 112 valence electrons. The zero-order chi connectivity index (χ0) is 15.4. The third-order valence-corrected chi connectivity index (χ3v) is 5.88. The highest BCUT2D eigenvalue weighted by atomic mass is 32.2. The molecule has 2 atom stereocenters. The highest BCUT2D eigenvalue weighted by Gasteiger charge is 2.41. The van der Waals surface area contributed by atoms with Crippen LogP contribution in [-0.4, -0.2) is 37.1 Å². The number of nitrogens with one attached hydrogen (secondary N) is 1. The normalized spacial score (nSPS) is 25.6. The van der Waals surface area contributed by atoms with Gasteiger partial charge in [-0.05, 0) is 37.5 Å². The van der Waals surface area contributed by atoms with E-state index in [1.165, 1.54) is 18.2 Å². The lowest BCUT2D eigenvalue weighted by Crippen LogP contribution is -2.29. The number of rotatable bonds is 3. The predicted molar refractivity (Wildman–Crippen MR) is 75.4 cm³/mol. The topological polar surface area (TPSA) is 83.6 Å². The van der Waals surface area contributed by atoms with E-state index in [2.05, 4.69) is 5.32 Å². The second kappa shape index (κ2) is 4.56. The molecule has 0 bridgehead atoms. The summed E-state index contributed by atoms with van der Waals surface area (Å²) in [6.07, 6.45) is 0.942. The maximum atomic E-state index is 12.3. The van der Waals surface area contributed by atoms with Gasteiger partial charge in [0, 0.05) is 18.2 Å². The number of carbonyl (C=O) groups excluding carboxylic acids is 2. The average Bonchev–Trinajstić information content (AvgIpc) is 3.08. The summed E-state index contributed by atoms with van der Waals surface area (Å²) in [5.74, 6) is -0.371. The maximum Gasteiger partial charge on any atom is 0.268 e. The number of hydrogen-bond donors (Lipinski definition) is 1. The largest absolute Gasteiger partial charge is 0.349 e. The molecule has 6 nitrogen and oxygen atoms in total. The van der Waals surface area contributed by atoms with Gasteiger partial charge in [-0.2, -0.15) is 0 Å². The monoisotopic (exact) mass is 308 g/mol. The minimum absolute atomic E-state index is 0.0779. The van der Waals surface area contributed by atoms with Crippen LogP contribution in [0, 0.1) is 5.92 Å². The first-order valence-electron chi connectivity index (χ1n) is 6.88. The number of sulfonamides is 1. The van der Waals surface area contributed by atoms with E-state index in [1.54, 1.807) is 6.92 Å². The number of hydrogen-bond acceptors (Lipinski definition) is 4. The van der Waals surface area contributed by atoms with E-state index in [-0.39, 0.29) is 34.5 Å². The van der Waals surface area contributed by atoms with Crippen molar-refractivity contribution in [1.29, 1.82) is 0 Å². The molecule has 1 aromatic rings. The Hall–Kier alpha value is -1.89. The van der Waals surface area contributed by atoms with Crippen molar-refractivity contribution in [2.24, 2.45) is 5.92 Å².